The van der Waals surface area contributed by atoms with Crippen molar-refractivity contribution in [1.29, 1.82) is 0 Å². The molecule has 5 nitrogen and oxygen atoms in total. The van der Waals surface area contributed by atoms with E-state index >= 15 is 0 Å². The molecule has 1 aliphatic heterocycles. The second kappa shape index (κ2) is 5.73. The van der Waals surface area contributed by atoms with Crippen molar-refractivity contribution in [3.8, 4) is 11.5 Å². The number of rotatable bonds is 4. The van der Waals surface area contributed by atoms with E-state index < -0.39 is 5.97 Å². The average molecular weight is 296 g/mol. The van der Waals surface area contributed by atoms with Gasteiger partial charge in [0, 0.05) is 5.56 Å². The highest BCUT2D eigenvalue weighted by molar-refractivity contribution is 6.07. The van der Waals surface area contributed by atoms with Crippen LogP contribution in [0.5, 0.6) is 11.5 Å². The molecule has 1 aliphatic rings. The van der Waals surface area contributed by atoms with Crippen LogP contribution in [0, 0.1) is 0 Å². The van der Waals surface area contributed by atoms with Gasteiger partial charge in [0.15, 0.2) is 17.3 Å². The normalized spacial score (nSPS) is 12.5. The van der Waals surface area contributed by atoms with Crippen molar-refractivity contribution in [2.45, 2.75) is 0 Å². The first-order valence-corrected chi connectivity index (χ1v) is 6.59. The summed E-state index contributed by atoms with van der Waals surface area (Å²) >= 11 is 0. The summed E-state index contributed by atoms with van der Waals surface area (Å²) in [4.78, 5) is 22.9. The zero-order chi connectivity index (χ0) is 15.5. The van der Waals surface area contributed by atoms with Crippen LogP contribution >= 0.6 is 0 Å². The minimum Gasteiger partial charge on any atom is -0.478 e. The molecule has 22 heavy (non-hydrogen) atoms. The minimum atomic E-state index is -0.980. The lowest BCUT2D eigenvalue weighted by Crippen LogP contribution is -1.95. The Morgan fingerprint density at radius 2 is 1.64 bits per heavy atom. The SMILES string of the molecule is O=C(O)c1ccc(C=CC(=O)c2ccc3c(c2)OCO3)cc1. The van der Waals surface area contributed by atoms with Gasteiger partial charge in [-0.05, 0) is 42.0 Å². The minimum absolute atomic E-state index is 0.165. The third-order valence-electron chi connectivity index (χ3n) is 3.24. The number of hydrogen-bond donors (Lipinski definition) is 1. The van der Waals surface area contributed by atoms with Crippen LogP contribution < -0.4 is 9.47 Å². The Bertz CT molecular complexity index is 759. The van der Waals surface area contributed by atoms with Gasteiger partial charge >= 0.3 is 5.97 Å². The highest BCUT2D eigenvalue weighted by Gasteiger charge is 2.15. The summed E-state index contributed by atoms with van der Waals surface area (Å²) in [7, 11) is 0. The van der Waals surface area contributed by atoms with Crippen molar-refractivity contribution >= 4 is 17.8 Å². The van der Waals surface area contributed by atoms with Gasteiger partial charge in [-0.25, -0.2) is 4.79 Å². The largest absolute Gasteiger partial charge is 0.478 e. The third-order valence-corrected chi connectivity index (χ3v) is 3.24. The van der Waals surface area contributed by atoms with Crippen molar-refractivity contribution in [3.63, 3.8) is 0 Å². The molecule has 0 fully saturated rings. The Labute approximate surface area is 126 Å². The fraction of sp³-hybridized carbons (Fsp3) is 0.0588. The van der Waals surface area contributed by atoms with Crippen LogP contribution in [0.4, 0.5) is 0 Å². The molecule has 0 saturated carbocycles. The fourth-order valence-electron chi connectivity index (χ4n) is 2.05. The Morgan fingerprint density at radius 1 is 0.955 bits per heavy atom. The second-order valence-electron chi connectivity index (χ2n) is 4.69. The molecular formula is C17H12O5. The van der Waals surface area contributed by atoms with Gasteiger partial charge in [-0.3, -0.25) is 4.79 Å². The molecule has 3 rings (SSSR count). The van der Waals surface area contributed by atoms with Gasteiger partial charge in [-0.1, -0.05) is 18.2 Å². The summed E-state index contributed by atoms with van der Waals surface area (Å²) in [6, 6.07) is 11.3. The number of carbonyl (C=O) groups excluding carboxylic acids is 1. The Morgan fingerprint density at radius 3 is 2.36 bits per heavy atom. The van der Waals surface area contributed by atoms with Crippen LogP contribution in [0.25, 0.3) is 6.08 Å². The number of carbonyl (C=O) groups is 2. The van der Waals surface area contributed by atoms with Crippen LogP contribution in [0.3, 0.4) is 0 Å². The van der Waals surface area contributed by atoms with Gasteiger partial charge in [0.1, 0.15) is 0 Å². The molecule has 0 aromatic heterocycles. The van der Waals surface area contributed by atoms with Crippen molar-refractivity contribution < 1.29 is 24.2 Å². The van der Waals surface area contributed by atoms with E-state index in [-0.39, 0.29) is 18.1 Å². The zero-order valence-electron chi connectivity index (χ0n) is 11.5. The molecule has 0 bridgehead atoms. The Balaban J connectivity index is 1.74. The van der Waals surface area contributed by atoms with E-state index in [1.54, 1.807) is 36.4 Å². The van der Waals surface area contributed by atoms with Crippen LogP contribution in [0.2, 0.25) is 0 Å². The molecule has 1 heterocycles. The average Bonchev–Trinajstić information content (AvgIpc) is 3.00. The summed E-state index contributed by atoms with van der Waals surface area (Å²) in [6.45, 7) is 0.165. The molecule has 0 amide bonds. The molecule has 0 radical (unpaired) electrons. The number of ketones is 1. The lowest BCUT2D eigenvalue weighted by atomic mass is 10.1. The van der Waals surface area contributed by atoms with Crippen LogP contribution in [-0.2, 0) is 0 Å². The summed E-state index contributed by atoms with van der Waals surface area (Å²) in [5.41, 5.74) is 1.46. The van der Waals surface area contributed by atoms with E-state index in [2.05, 4.69) is 0 Å². The van der Waals surface area contributed by atoms with E-state index in [4.69, 9.17) is 14.6 Å². The lowest BCUT2D eigenvalue weighted by molar-refractivity contribution is 0.0696. The van der Waals surface area contributed by atoms with E-state index in [0.29, 0.717) is 17.1 Å². The van der Waals surface area contributed by atoms with E-state index in [1.165, 1.54) is 18.2 Å². The first-order chi connectivity index (χ1) is 10.6. The maximum Gasteiger partial charge on any atom is 0.335 e. The molecule has 0 atom stereocenters. The van der Waals surface area contributed by atoms with Crippen molar-refractivity contribution in [2.75, 3.05) is 6.79 Å². The molecule has 0 spiro atoms. The van der Waals surface area contributed by atoms with E-state index in [1.807, 2.05) is 0 Å². The molecule has 2 aromatic carbocycles. The smallest absolute Gasteiger partial charge is 0.335 e. The van der Waals surface area contributed by atoms with Crippen molar-refractivity contribution in [2.24, 2.45) is 0 Å². The molecule has 0 unspecified atom stereocenters. The summed E-state index contributed by atoms with van der Waals surface area (Å²) < 4.78 is 10.4. The summed E-state index contributed by atoms with van der Waals surface area (Å²) in [6.07, 6.45) is 3.08. The number of benzene rings is 2. The monoisotopic (exact) mass is 296 g/mol. The Hall–Kier alpha value is -3.08. The third kappa shape index (κ3) is 2.83. The molecule has 2 aromatic rings. The van der Waals surface area contributed by atoms with E-state index in [0.717, 1.165) is 5.56 Å². The molecule has 0 saturated heterocycles. The fourth-order valence-corrected chi connectivity index (χ4v) is 2.05. The van der Waals surface area contributed by atoms with Crippen LogP contribution in [-0.4, -0.2) is 23.7 Å². The van der Waals surface area contributed by atoms with Gasteiger partial charge in [-0.2, -0.15) is 0 Å². The van der Waals surface area contributed by atoms with Gasteiger partial charge < -0.3 is 14.6 Å². The topological polar surface area (TPSA) is 72.8 Å². The molecule has 0 aliphatic carbocycles. The van der Waals surface area contributed by atoms with Crippen LogP contribution in [0.1, 0.15) is 26.3 Å². The maximum absolute atomic E-state index is 12.1. The summed E-state index contributed by atoms with van der Waals surface area (Å²) in [5, 5.41) is 8.83. The highest BCUT2D eigenvalue weighted by Crippen LogP contribution is 2.32. The van der Waals surface area contributed by atoms with Crippen molar-refractivity contribution in [1.82, 2.24) is 0 Å². The Kier molecular flexibility index (Phi) is 3.62. The molecular weight excluding hydrogens is 284 g/mol. The number of ether oxygens (including phenoxy) is 2. The number of carboxylic acids is 1. The second-order valence-corrected chi connectivity index (χ2v) is 4.69. The van der Waals surface area contributed by atoms with Gasteiger partial charge in [0.05, 0.1) is 5.56 Å². The zero-order valence-corrected chi connectivity index (χ0v) is 11.5. The van der Waals surface area contributed by atoms with Gasteiger partial charge in [-0.15, -0.1) is 0 Å². The maximum atomic E-state index is 12.1. The first kappa shape index (κ1) is 13.9. The standard InChI is InChI=1S/C17H12O5/c18-14(13-6-8-15-16(9-13)22-10-21-15)7-3-11-1-4-12(5-2-11)17(19)20/h1-9H,10H2,(H,19,20). The van der Waals surface area contributed by atoms with Crippen molar-refractivity contribution in [3.05, 3.63) is 65.2 Å². The number of aromatic carboxylic acids is 1. The predicted molar refractivity (Wildman–Crippen MR) is 79.3 cm³/mol. The first-order valence-electron chi connectivity index (χ1n) is 6.59. The highest BCUT2D eigenvalue weighted by atomic mass is 16.7. The molecule has 5 heteroatoms. The molecule has 110 valence electrons. The van der Waals surface area contributed by atoms with E-state index in [9.17, 15) is 9.59 Å². The number of hydrogen-bond acceptors (Lipinski definition) is 4. The number of fused-ring (bicyclic) bond motifs is 1. The lowest BCUT2D eigenvalue weighted by Gasteiger charge is -1.99. The summed E-state index contributed by atoms with van der Waals surface area (Å²) in [5.74, 6) is 0.0439. The number of carboxylic acid groups (broad SMARTS) is 1. The van der Waals surface area contributed by atoms with Gasteiger partial charge in [0.2, 0.25) is 6.79 Å². The quantitative estimate of drug-likeness (QED) is 0.693. The van der Waals surface area contributed by atoms with Gasteiger partial charge in [0.25, 0.3) is 0 Å². The predicted octanol–water partition coefficient (Wildman–Crippen LogP) is 3.01. The molecule has 1 N–H and O–H groups in total. The van der Waals surface area contributed by atoms with Crippen LogP contribution in [0.15, 0.2) is 48.5 Å². The number of allylic oxidation sites excluding steroid dienone is 1.